The van der Waals surface area contributed by atoms with Crippen LogP contribution in [0.3, 0.4) is 0 Å². The van der Waals surface area contributed by atoms with E-state index in [-0.39, 0.29) is 18.4 Å². The fourth-order valence-corrected chi connectivity index (χ4v) is 2.47. The highest BCUT2D eigenvalue weighted by molar-refractivity contribution is 5.96. The van der Waals surface area contributed by atoms with Crippen molar-refractivity contribution in [3.8, 4) is 0 Å². The number of nitrogens with zero attached hydrogens (tertiary/aromatic N) is 1. The molecule has 0 aliphatic rings. The molecule has 0 radical (unpaired) electrons. The Morgan fingerprint density at radius 2 is 1.77 bits per heavy atom. The monoisotopic (exact) mass is 357 g/mol. The molecule has 6 heteroatoms. The summed E-state index contributed by atoms with van der Waals surface area (Å²) >= 11 is 0. The molecule has 2 rings (SSSR count). The molecule has 0 saturated carbocycles. The Hall–Kier alpha value is -3.15. The minimum atomic E-state index is -0.993. The van der Waals surface area contributed by atoms with Crippen molar-refractivity contribution in [1.82, 2.24) is 4.90 Å². The summed E-state index contributed by atoms with van der Waals surface area (Å²) < 4.78 is 17.5. The van der Waals surface area contributed by atoms with Gasteiger partial charge in [0.1, 0.15) is 5.82 Å². The highest BCUT2D eigenvalue weighted by Crippen LogP contribution is 2.23. The number of rotatable bonds is 6. The van der Waals surface area contributed by atoms with Gasteiger partial charge in [0, 0.05) is 6.54 Å². The Balaban J connectivity index is 2.32. The van der Waals surface area contributed by atoms with Crippen LogP contribution in [0, 0.1) is 5.82 Å². The molecule has 0 aromatic heterocycles. The molecule has 0 heterocycles. The fourth-order valence-electron chi connectivity index (χ4n) is 2.47. The third kappa shape index (κ3) is 4.92. The number of methoxy groups -OCH3 is 1. The van der Waals surface area contributed by atoms with Crippen LogP contribution in [0.2, 0.25) is 0 Å². The van der Waals surface area contributed by atoms with Gasteiger partial charge in [-0.15, -0.1) is 0 Å². The summed E-state index contributed by atoms with van der Waals surface area (Å²) in [5.41, 5.74) is 1.60. The molecule has 5 nitrogen and oxygen atoms in total. The predicted molar refractivity (Wildman–Crippen MR) is 94.5 cm³/mol. The zero-order valence-electron chi connectivity index (χ0n) is 14.6. The third-order valence-electron chi connectivity index (χ3n) is 3.95. The van der Waals surface area contributed by atoms with E-state index in [1.165, 1.54) is 17.0 Å². The van der Waals surface area contributed by atoms with Gasteiger partial charge < -0.3 is 14.7 Å². The van der Waals surface area contributed by atoms with E-state index in [0.29, 0.717) is 5.56 Å². The van der Waals surface area contributed by atoms with Crippen LogP contribution in [0.25, 0.3) is 0 Å². The summed E-state index contributed by atoms with van der Waals surface area (Å²) in [6, 6.07) is 14.8. The van der Waals surface area contributed by atoms with Crippen LogP contribution in [0.5, 0.6) is 0 Å². The van der Waals surface area contributed by atoms with Gasteiger partial charge in [-0.3, -0.25) is 4.79 Å². The Morgan fingerprint density at radius 3 is 2.35 bits per heavy atom. The largest absolute Gasteiger partial charge is 0.502 e. The standard InChI is InChI=1S/C20H20FNO4/c1-14(16-6-4-3-5-7-16)22(13-15-8-10-17(21)11-9-15)19(24)12-18(23)20(25)26-2/h3-12,14,23H,13H2,1-2H3. The molecule has 136 valence electrons. The minimum Gasteiger partial charge on any atom is -0.502 e. The first-order chi connectivity index (χ1) is 12.4. The second-order valence-corrected chi connectivity index (χ2v) is 5.70. The van der Waals surface area contributed by atoms with Crippen LogP contribution >= 0.6 is 0 Å². The molecule has 1 atom stereocenters. The third-order valence-corrected chi connectivity index (χ3v) is 3.95. The maximum Gasteiger partial charge on any atom is 0.373 e. The zero-order chi connectivity index (χ0) is 19.1. The quantitative estimate of drug-likeness (QED) is 0.488. The molecular formula is C20H20FNO4. The number of ether oxygens (including phenoxy) is 1. The first kappa shape index (κ1) is 19.2. The molecule has 1 amide bonds. The SMILES string of the molecule is COC(=O)C(O)=CC(=O)N(Cc1ccc(F)cc1)C(C)c1ccccc1. The van der Waals surface area contributed by atoms with Crippen LogP contribution < -0.4 is 0 Å². The minimum absolute atomic E-state index is 0.181. The average Bonchev–Trinajstić information content (AvgIpc) is 2.66. The van der Waals surface area contributed by atoms with Gasteiger partial charge in [-0.2, -0.15) is 0 Å². The summed E-state index contributed by atoms with van der Waals surface area (Å²) in [4.78, 5) is 25.5. The predicted octanol–water partition coefficient (Wildman–Crippen LogP) is 3.53. The van der Waals surface area contributed by atoms with Crippen molar-refractivity contribution in [2.24, 2.45) is 0 Å². The number of hydrogen-bond donors (Lipinski definition) is 1. The number of aliphatic hydroxyl groups excluding tert-OH is 1. The molecule has 1 N–H and O–H groups in total. The van der Waals surface area contributed by atoms with E-state index in [4.69, 9.17) is 0 Å². The maximum absolute atomic E-state index is 13.1. The number of carbonyl (C=O) groups is 2. The number of aliphatic hydroxyl groups is 1. The van der Waals surface area contributed by atoms with Gasteiger partial charge in [-0.05, 0) is 30.2 Å². The molecule has 0 spiro atoms. The summed E-state index contributed by atoms with van der Waals surface area (Å²) in [6.45, 7) is 2.01. The lowest BCUT2D eigenvalue weighted by atomic mass is 10.1. The smallest absolute Gasteiger partial charge is 0.373 e. The molecule has 26 heavy (non-hydrogen) atoms. The molecule has 1 unspecified atom stereocenters. The Kier molecular flexibility index (Phi) is 6.49. The molecular weight excluding hydrogens is 337 g/mol. The zero-order valence-corrected chi connectivity index (χ0v) is 14.6. The van der Waals surface area contributed by atoms with Gasteiger partial charge in [-0.25, -0.2) is 9.18 Å². The molecule has 0 aliphatic heterocycles. The first-order valence-electron chi connectivity index (χ1n) is 8.01. The number of esters is 1. The summed E-state index contributed by atoms with van der Waals surface area (Å²) in [5.74, 6) is -2.70. The van der Waals surface area contributed by atoms with Crippen molar-refractivity contribution in [1.29, 1.82) is 0 Å². The van der Waals surface area contributed by atoms with Crippen molar-refractivity contribution in [3.63, 3.8) is 0 Å². The summed E-state index contributed by atoms with van der Waals surface area (Å²) in [6.07, 6.45) is 0.828. The second-order valence-electron chi connectivity index (χ2n) is 5.70. The topological polar surface area (TPSA) is 66.8 Å². The lowest BCUT2D eigenvalue weighted by Gasteiger charge is -2.29. The Bertz CT molecular complexity index is 787. The van der Waals surface area contributed by atoms with E-state index >= 15 is 0 Å². The molecule has 0 aliphatic carbocycles. The van der Waals surface area contributed by atoms with Gasteiger partial charge in [-0.1, -0.05) is 42.5 Å². The highest BCUT2D eigenvalue weighted by atomic mass is 19.1. The Morgan fingerprint density at radius 1 is 1.15 bits per heavy atom. The number of carbonyl (C=O) groups excluding carboxylic acids is 2. The van der Waals surface area contributed by atoms with E-state index in [1.54, 1.807) is 12.1 Å². The van der Waals surface area contributed by atoms with Crippen LogP contribution in [0.1, 0.15) is 24.1 Å². The highest BCUT2D eigenvalue weighted by Gasteiger charge is 2.22. The van der Waals surface area contributed by atoms with Crippen LogP contribution in [0.15, 0.2) is 66.4 Å². The number of halogens is 1. The van der Waals surface area contributed by atoms with E-state index in [1.807, 2.05) is 37.3 Å². The molecule has 0 bridgehead atoms. The second kappa shape index (κ2) is 8.80. The van der Waals surface area contributed by atoms with E-state index in [0.717, 1.165) is 18.7 Å². The van der Waals surface area contributed by atoms with Crippen molar-refractivity contribution in [2.45, 2.75) is 19.5 Å². The van der Waals surface area contributed by atoms with Gasteiger partial charge in [0.05, 0.1) is 19.2 Å². The van der Waals surface area contributed by atoms with E-state index in [9.17, 15) is 19.1 Å². The van der Waals surface area contributed by atoms with Crippen molar-refractivity contribution < 1.29 is 23.8 Å². The van der Waals surface area contributed by atoms with Crippen molar-refractivity contribution in [2.75, 3.05) is 7.11 Å². The van der Waals surface area contributed by atoms with E-state index < -0.39 is 17.6 Å². The summed E-state index contributed by atoms with van der Waals surface area (Å²) in [5, 5.41) is 9.68. The van der Waals surface area contributed by atoms with Crippen LogP contribution in [-0.4, -0.2) is 29.0 Å². The van der Waals surface area contributed by atoms with E-state index in [2.05, 4.69) is 4.74 Å². The first-order valence-corrected chi connectivity index (χ1v) is 8.01. The van der Waals surface area contributed by atoms with Gasteiger partial charge in [0.2, 0.25) is 5.76 Å². The van der Waals surface area contributed by atoms with Gasteiger partial charge in [0.15, 0.2) is 0 Å². The molecule has 2 aromatic rings. The number of benzene rings is 2. The van der Waals surface area contributed by atoms with Gasteiger partial charge >= 0.3 is 5.97 Å². The normalized spacial score (nSPS) is 12.3. The lowest BCUT2D eigenvalue weighted by molar-refractivity contribution is -0.140. The number of hydrogen-bond acceptors (Lipinski definition) is 4. The van der Waals surface area contributed by atoms with Crippen molar-refractivity contribution >= 4 is 11.9 Å². The van der Waals surface area contributed by atoms with Crippen LogP contribution in [0.4, 0.5) is 4.39 Å². The van der Waals surface area contributed by atoms with Crippen LogP contribution in [-0.2, 0) is 20.9 Å². The molecule has 0 fully saturated rings. The average molecular weight is 357 g/mol. The molecule has 0 saturated heterocycles. The lowest BCUT2D eigenvalue weighted by Crippen LogP contribution is -2.32. The molecule has 2 aromatic carbocycles. The Labute approximate surface area is 151 Å². The number of amides is 1. The van der Waals surface area contributed by atoms with Crippen molar-refractivity contribution in [3.05, 3.63) is 83.4 Å². The fraction of sp³-hybridized carbons (Fsp3) is 0.200. The summed E-state index contributed by atoms with van der Waals surface area (Å²) in [7, 11) is 1.11. The van der Waals surface area contributed by atoms with Gasteiger partial charge in [0.25, 0.3) is 5.91 Å². The maximum atomic E-state index is 13.1.